The lowest BCUT2D eigenvalue weighted by atomic mass is 10.2. The lowest BCUT2D eigenvalue weighted by molar-refractivity contribution is -0.117. The summed E-state index contributed by atoms with van der Waals surface area (Å²) < 4.78 is 0. The van der Waals surface area contributed by atoms with Crippen LogP contribution in [0.5, 0.6) is 0 Å². The summed E-state index contributed by atoms with van der Waals surface area (Å²) in [5.74, 6) is -0.00620. The molecule has 0 aliphatic carbocycles. The molecule has 0 saturated heterocycles. The van der Waals surface area contributed by atoms with E-state index in [1.165, 1.54) is 0 Å². The van der Waals surface area contributed by atoms with Crippen molar-refractivity contribution >= 4 is 11.6 Å². The number of para-hydroxylation sites is 1. The Kier molecular flexibility index (Phi) is 5.76. The number of nitrogens with zero attached hydrogens (tertiary/aromatic N) is 2. The molecule has 0 radical (unpaired) electrons. The molecule has 1 aromatic rings. The Morgan fingerprint density at radius 3 is 2.71 bits per heavy atom. The van der Waals surface area contributed by atoms with Crippen LogP contribution in [0.25, 0.3) is 0 Å². The molecule has 0 unspecified atom stereocenters. The Balaban J connectivity index is 2.74. The largest absolute Gasteiger partial charge is 0.310 e. The number of carbonyl (C=O) groups is 1. The molecule has 0 heterocycles. The van der Waals surface area contributed by atoms with E-state index in [2.05, 4.69) is 11.4 Å². The van der Waals surface area contributed by atoms with Crippen LogP contribution < -0.4 is 10.2 Å². The highest BCUT2D eigenvalue weighted by Gasteiger charge is 2.13. The van der Waals surface area contributed by atoms with Crippen LogP contribution >= 0.6 is 0 Å². The van der Waals surface area contributed by atoms with Crippen LogP contribution in [0.2, 0.25) is 0 Å². The zero-order valence-corrected chi connectivity index (χ0v) is 10.0. The number of benzene rings is 1. The Bertz CT molecular complexity index is 383. The van der Waals surface area contributed by atoms with Gasteiger partial charge in [-0.2, -0.15) is 5.26 Å². The van der Waals surface area contributed by atoms with Crippen molar-refractivity contribution in [1.29, 1.82) is 5.26 Å². The predicted molar refractivity (Wildman–Crippen MR) is 67.6 cm³/mol. The van der Waals surface area contributed by atoms with Gasteiger partial charge in [-0.1, -0.05) is 25.1 Å². The number of carbonyl (C=O) groups excluding carboxylic acids is 1. The number of likely N-dealkylation sites (N-methyl/N-ethyl adjacent to an activating group) is 1. The monoisotopic (exact) mass is 231 g/mol. The van der Waals surface area contributed by atoms with Crippen molar-refractivity contribution in [3.63, 3.8) is 0 Å². The second-order valence-electron chi connectivity index (χ2n) is 3.57. The van der Waals surface area contributed by atoms with E-state index in [4.69, 9.17) is 5.26 Å². The van der Waals surface area contributed by atoms with Gasteiger partial charge in [0.2, 0.25) is 5.91 Å². The van der Waals surface area contributed by atoms with Gasteiger partial charge in [0.25, 0.3) is 0 Å². The molecule has 1 amide bonds. The van der Waals surface area contributed by atoms with E-state index in [1.807, 2.05) is 37.3 Å². The van der Waals surface area contributed by atoms with Crippen molar-refractivity contribution < 1.29 is 4.79 Å². The molecule has 1 rings (SSSR count). The first kappa shape index (κ1) is 13.2. The molecule has 0 aromatic heterocycles. The van der Waals surface area contributed by atoms with E-state index in [9.17, 15) is 4.79 Å². The molecule has 0 saturated carbocycles. The molecule has 0 aliphatic rings. The van der Waals surface area contributed by atoms with Crippen LogP contribution in [-0.4, -0.2) is 25.5 Å². The van der Waals surface area contributed by atoms with Gasteiger partial charge in [0, 0.05) is 12.2 Å². The van der Waals surface area contributed by atoms with Gasteiger partial charge in [0.15, 0.2) is 0 Å². The van der Waals surface area contributed by atoms with Crippen molar-refractivity contribution in [3.05, 3.63) is 30.3 Å². The number of amides is 1. The molecule has 4 heteroatoms. The second kappa shape index (κ2) is 7.42. The predicted octanol–water partition coefficient (Wildman–Crippen LogP) is 1.54. The normalized spacial score (nSPS) is 9.65. The summed E-state index contributed by atoms with van der Waals surface area (Å²) in [6, 6.07) is 11.5. The molecule has 1 aromatic carbocycles. The number of hydrogen-bond acceptors (Lipinski definition) is 3. The van der Waals surface area contributed by atoms with Gasteiger partial charge in [-0.15, -0.1) is 0 Å². The topological polar surface area (TPSA) is 56.1 Å². The van der Waals surface area contributed by atoms with Crippen LogP contribution in [0.4, 0.5) is 5.69 Å². The Morgan fingerprint density at radius 1 is 1.41 bits per heavy atom. The summed E-state index contributed by atoms with van der Waals surface area (Å²) >= 11 is 0. The van der Waals surface area contributed by atoms with Gasteiger partial charge in [-0.05, 0) is 18.7 Å². The molecule has 0 fully saturated rings. The molecule has 90 valence electrons. The number of anilines is 1. The smallest absolute Gasteiger partial charge is 0.240 e. The first-order chi connectivity index (χ1) is 8.29. The van der Waals surface area contributed by atoms with Crippen molar-refractivity contribution in [1.82, 2.24) is 5.32 Å². The minimum atomic E-state index is -0.00620. The third kappa shape index (κ3) is 4.25. The summed E-state index contributed by atoms with van der Waals surface area (Å²) in [6.07, 6.45) is 0.340. The van der Waals surface area contributed by atoms with E-state index in [0.717, 1.165) is 12.2 Å². The SMILES string of the molecule is CCNCC(=O)N(CCC#N)c1ccccc1. The zero-order chi connectivity index (χ0) is 12.5. The van der Waals surface area contributed by atoms with Gasteiger partial charge < -0.3 is 10.2 Å². The van der Waals surface area contributed by atoms with Gasteiger partial charge in [-0.25, -0.2) is 0 Å². The van der Waals surface area contributed by atoms with Crippen LogP contribution in [0.1, 0.15) is 13.3 Å². The lowest BCUT2D eigenvalue weighted by Gasteiger charge is -2.21. The summed E-state index contributed by atoms with van der Waals surface area (Å²) in [4.78, 5) is 13.6. The average Bonchev–Trinajstić information content (AvgIpc) is 2.38. The Morgan fingerprint density at radius 2 is 2.12 bits per heavy atom. The lowest BCUT2D eigenvalue weighted by Crippen LogP contribution is -2.38. The molecular weight excluding hydrogens is 214 g/mol. The molecular formula is C13H17N3O. The molecule has 0 bridgehead atoms. The number of nitriles is 1. The maximum absolute atomic E-state index is 12.0. The van der Waals surface area contributed by atoms with Gasteiger partial charge in [0.1, 0.15) is 0 Å². The molecule has 0 spiro atoms. The van der Waals surface area contributed by atoms with Crippen molar-refractivity contribution in [2.24, 2.45) is 0 Å². The van der Waals surface area contributed by atoms with Crippen LogP contribution in [0.15, 0.2) is 30.3 Å². The fraction of sp³-hybridized carbons (Fsp3) is 0.385. The third-order valence-corrected chi connectivity index (χ3v) is 2.34. The summed E-state index contributed by atoms with van der Waals surface area (Å²) in [7, 11) is 0. The highest BCUT2D eigenvalue weighted by molar-refractivity contribution is 5.94. The summed E-state index contributed by atoms with van der Waals surface area (Å²) in [6.45, 7) is 3.45. The summed E-state index contributed by atoms with van der Waals surface area (Å²) in [5, 5.41) is 11.6. The van der Waals surface area contributed by atoms with Gasteiger partial charge >= 0.3 is 0 Å². The number of hydrogen-bond donors (Lipinski definition) is 1. The minimum absolute atomic E-state index is 0.00620. The van der Waals surface area contributed by atoms with Crippen molar-refractivity contribution in [2.75, 3.05) is 24.5 Å². The fourth-order valence-corrected chi connectivity index (χ4v) is 1.49. The van der Waals surface area contributed by atoms with E-state index >= 15 is 0 Å². The van der Waals surface area contributed by atoms with Crippen LogP contribution in [0, 0.1) is 11.3 Å². The van der Waals surface area contributed by atoms with E-state index in [1.54, 1.807) is 4.90 Å². The van der Waals surface area contributed by atoms with Crippen LogP contribution in [-0.2, 0) is 4.79 Å². The highest BCUT2D eigenvalue weighted by atomic mass is 16.2. The molecule has 0 aliphatic heterocycles. The fourth-order valence-electron chi connectivity index (χ4n) is 1.49. The Hall–Kier alpha value is -1.86. The minimum Gasteiger partial charge on any atom is -0.310 e. The third-order valence-electron chi connectivity index (χ3n) is 2.34. The molecule has 1 N–H and O–H groups in total. The Labute approximate surface area is 102 Å². The van der Waals surface area contributed by atoms with Gasteiger partial charge in [-0.3, -0.25) is 4.79 Å². The number of nitrogens with one attached hydrogen (secondary N) is 1. The van der Waals surface area contributed by atoms with Crippen molar-refractivity contribution in [3.8, 4) is 6.07 Å². The van der Waals surface area contributed by atoms with E-state index in [0.29, 0.717) is 19.5 Å². The van der Waals surface area contributed by atoms with Crippen LogP contribution in [0.3, 0.4) is 0 Å². The van der Waals surface area contributed by atoms with E-state index < -0.39 is 0 Å². The van der Waals surface area contributed by atoms with Crippen molar-refractivity contribution in [2.45, 2.75) is 13.3 Å². The standard InChI is InChI=1S/C13H17N3O/c1-2-15-11-13(17)16(10-6-9-14)12-7-4-3-5-8-12/h3-5,7-8,15H,2,6,10-11H2,1H3. The highest BCUT2D eigenvalue weighted by Crippen LogP contribution is 2.13. The molecule has 0 atom stereocenters. The second-order valence-corrected chi connectivity index (χ2v) is 3.57. The zero-order valence-electron chi connectivity index (χ0n) is 10.0. The summed E-state index contributed by atoms with van der Waals surface area (Å²) in [5.41, 5.74) is 0.839. The van der Waals surface area contributed by atoms with E-state index in [-0.39, 0.29) is 5.91 Å². The maximum Gasteiger partial charge on any atom is 0.240 e. The number of rotatable bonds is 6. The maximum atomic E-state index is 12.0. The first-order valence-electron chi connectivity index (χ1n) is 5.72. The quantitative estimate of drug-likeness (QED) is 0.808. The first-order valence-corrected chi connectivity index (χ1v) is 5.72. The molecule has 4 nitrogen and oxygen atoms in total. The van der Waals surface area contributed by atoms with Gasteiger partial charge in [0.05, 0.1) is 19.0 Å². The average molecular weight is 231 g/mol. The molecule has 17 heavy (non-hydrogen) atoms.